The molecule has 0 aliphatic carbocycles. The van der Waals surface area contributed by atoms with E-state index in [1.807, 2.05) is 18.2 Å². The van der Waals surface area contributed by atoms with Crippen LogP contribution >= 0.6 is 0 Å². The molecule has 0 saturated carbocycles. The fourth-order valence-corrected chi connectivity index (χ4v) is 3.47. The summed E-state index contributed by atoms with van der Waals surface area (Å²) in [6.07, 6.45) is 1.63. The normalized spacial score (nSPS) is 19.1. The van der Waals surface area contributed by atoms with Crippen molar-refractivity contribution >= 4 is 5.91 Å². The Morgan fingerprint density at radius 3 is 2.48 bits per heavy atom. The van der Waals surface area contributed by atoms with Gasteiger partial charge in [-0.1, -0.05) is 6.07 Å². The van der Waals surface area contributed by atoms with Crippen LogP contribution in [0, 0.1) is 11.6 Å². The van der Waals surface area contributed by atoms with Gasteiger partial charge >= 0.3 is 0 Å². The molecule has 4 rings (SSSR count). The highest BCUT2D eigenvalue weighted by Crippen LogP contribution is 2.38. The van der Waals surface area contributed by atoms with Crippen molar-refractivity contribution < 1.29 is 23.0 Å². The maximum atomic E-state index is 13.4. The van der Waals surface area contributed by atoms with Gasteiger partial charge in [0.15, 0.2) is 11.5 Å². The van der Waals surface area contributed by atoms with Crippen molar-refractivity contribution in [2.45, 2.75) is 18.9 Å². The van der Waals surface area contributed by atoms with Crippen LogP contribution in [0.2, 0.25) is 0 Å². The second-order valence-corrected chi connectivity index (χ2v) is 6.22. The molecular weight excluding hydrogens is 328 g/mol. The summed E-state index contributed by atoms with van der Waals surface area (Å²) < 4.78 is 38.0. The summed E-state index contributed by atoms with van der Waals surface area (Å²) in [5.74, 6) is -0.509. The van der Waals surface area contributed by atoms with Gasteiger partial charge in [-0.25, -0.2) is 8.78 Å². The Labute approximate surface area is 144 Å². The van der Waals surface area contributed by atoms with Gasteiger partial charge in [0, 0.05) is 18.2 Å². The molecule has 1 saturated heterocycles. The first-order valence-corrected chi connectivity index (χ1v) is 8.28. The molecule has 2 aliphatic rings. The zero-order valence-electron chi connectivity index (χ0n) is 13.5. The number of likely N-dealkylation sites (tertiary alicyclic amines) is 1. The molecule has 25 heavy (non-hydrogen) atoms. The first kappa shape index (κ1) is 15.9. The molecule has 1 atom stereocenters. The van der Waals surface area contributed by atoms with E-state index in [1.165, 1.54) is 0 Å². The molecule has 0 spiro atoms. The first-order valence-electron chi connectivity index (χ1n) is 8.28. The summed E-state index contributed by atoms with van der Waals surface area (Å²) in [6, 6.07) is 8.41. The predicted octanol–water partition coefficient (Wildman–Crippen LogP) is 3.71. The maximum absolute atomic E-state index is 13.4. The number of nitrogens with zero attached hydrogens (tertiary/aromatic N) is 1. The molecule has 130 valence electrons. The molecule has 0 bridgehead atoms. The van der Waals surface area contributed by atoms with E-state index in [2.05, 4.69) is 0 Å². The molecule has 0 unspecified atom stereocenters. The van der Waals surface area contributed by atoms with Crippen LogP contribution in [0.25, 0.3) is 0 Å². The molecule has 2 heterocycles. The fourth-order valence-electron chi connectivity index (χ4n) is 3.47. The summed E-state index contributed by atoms with van der Waals surface area (Å²) in [5, 5.41) is 0. The van der Waals surface area contributed by atoms with E-state index in [9.17, 15) is 13.6 Å². The van der Waals surface area contributed by atoms with E-state index in [0.717, 1.165) is 36.6 Å². The molecular formula is C19H17F2NO3. The van der Waals surface area contributed by atoms with Crippen LogP contribution in [0.4, 0.5) is 8.78 Å². The zero-order chi connectivity index (χ0) is 17.4. The average molecular weight is 345 g/mol. The third-order valence-electron chi connectivity index (χ3n) is 4.57. The Kier molecular flexibility index (Phi) is 4.03. The molecule has 4 nitrogen and oxygen atoms in total. The highest BCUT2D eigenvalue weighted by molar-refractivity contribution is 5.94. The molecule has 1 fully saturated rings. The van der Waals surface area contributed by atoms with Crippen LogP contribution in [-0.4, -0.2) is 30.6 Å². The smallest absolute Gasteiger partial charge is 0.254 e. The van der Waals surface area contributed by atoms with Crippen LogP contribution in [0.15, 0.2) is 36.4 Å². The standard InChI is InChI=1S/C19H17F2NO3/c20-14-8-13(9-15(21)11-14)19(23)22-5-1-2-16(22)12-3-4-17-18(10-12)25-7-6-24-17/h3-4,8-11,16H,1-2,5-7H2/t16-/m0/s1. The van der Waals surface area contributed by atoms with Crippen molar-refractivity contribution in [1.82, 2.24) is 4.90 Å². The van der Waals surface area contributed by atoms with E-state index in [4.69, 9.17) is 9.47 Å². The highest BCUT2D eigenvalue weighted by Gasteiger charge is 2.31. The van der Waals surface area contributed by atoms with E-state index in [-0.39, 0.29) is 17.5 Å². The SMILES string of the molecule is O=C(c1cc(F)cc(F)c1)N1CCC[C@H]1c1ccc2c(c1)OCCO2. The molecule has 0 N–H and O–H groups in total. The average Bonchev–Trinajstić information content (AvgIpc) is 3.09. The van der Waals surface area contributed by atoms with Gasteiger partial charge in [0.25, 0.3) is 5.91 Å². The number of ether oxygens (including phenoxy) is 2. The third-order valence-corrected chi connectivity index (χ3v) is 4.57. The number of carbonyl (C=O) groups excluding carboxylic acids is 1. The Bertz CT molecular complexity index is 804. The van der Waals surface area contributed by atoms with Crippen LogP contribution in [0.1, 0.15) is 34.8 Å². The second kappa shape index (κ2) is 6.35. The van der Waals surface area contributed by atoms with E-state index in [1.54, 1.807) is 4.90 Å². The number of rotatable bonds is 2. The van der Waals surface area contributed by atoms with Crippen molar-refractivity contribution in [2.75, 3.05) is 19.8 Å². The molecule has 0 radical (unpaired) electrons. The number of amides is 1. The number of halogens is 2. The quantitative estimate of drug-likeness (QED) is 0.833. The van der Waals surface area contributed by atoms with Crippen molar-refractivity contribution in [3.05, 3.63) is 59.2 Å². The van der Waals surface area contributed by atoms with Crippen LogP contribution in [0.5, 0.6) is 11.5 Å². The Morgan fingerprint density at radius 2 is 1.72 bits per heavy atom. The van der Waals surface area contributed by atoms with E-state index in [0.29, 0.717) is 31.3 Å². The fraction of sp³-hybridized carbons (Fsp3) is 0.316. The summed E-state index contributed by atoms with van der Waals surface area (Å²) >= 11 is 0. The summed E-state index contributed by atoms with van der Waals surface area (Å²) in [5.41, 5.74) is 0.967. The molecule has 2 aliphatic heterocycles. The Balaban J connectivity index is 1.63. The minimum atomic E-state index is -0.751. The van der Waals surface area contributed by atoms with Crippen molar-refractivity contribution in [3.8, 4) is 11.5 Å². The lowest BCUT2D eigenvalue weighted by molar-refractivity contribution is 0.0734. The predicted molar refractivity (Wildman–Crippen MR) is 86.8 cm³/mol. The van der Waals surface area contributed by atoms with Crippen molar-refractivity contribution in [3.63, 3.8) is 0 Å². The van der Waals surface area contributed by atoms with Gasteiger partial charge in [0.2, 0.25) is 0 Å². The van der Waals surface area contributed by atoms with Gasteiger partial charge in [-0.05, 0) is 42.7 Å². The summed E-state index contributed by atoms with van der Waals surface area (Å²) in [4.78, 5) is 14.4. The van der Waals surface area contributed by atoms with Crippen molar-refractivity contribution in [1.29, 1.82) is 0 Å². The van der Waals surface area contributed by atoms with Gasteiger partial charge in [-0.2, -0.15) is 0 Å². The first-order chi connectivity index (χ1) is 12.1. The minimum Gasteiger partial charge on any atom is -0.486 e. The van der Waals surface area contributed by atoms with Crippen LogP contribution < -0.4 is 9.47 Å². The molecule has 6 heteroatoms. The van der Waals surface area contributed by atoms with Gasteiger partial charge in [0.1, 0.15) is 24.8 Å². The molecule has 2 aromatic carbocycles. The molecule has 1 amide bonds. The largest absolute Gasteiger partial charge is 0.486 e. The minimum absolute atomic E-state index is 0.0296. The Hall–Kier alpha value is -2.63. The van der Waals surface area contributed by atoms with Crippen LogP contribution in [-0.2, 0) is 0 Å². The highest BCUT2D eigenvalue weighted by atomic mass is 19.1. The number of hydrogen-bond donors (Lipinski definition) is 0. The Morgan fingerprint density at radius 1 is 1.00 bits per heavy atom. The van der Waals surface area contributed by atoms with Gasteiger partial charge in [-0.15, -0.1) is 0 Å². The van der Waals surface area contributed by atoms with Crippen LogP contribution in [0.3, 0.4) is 0 Å². The maximum Gasteiger partial charge on any atom is 0.254 e. The lowest BCUT2D eigenvalue weighted by Crippen LogP contribution is -2.30. The summed E-state index contributed by atoms with van der Waals surface area (Å²) in [7, 11) is 0. The number of fused-ring (bicyclic) bond motifs is 1. The van der Waals surface area contributed by atoms with Gasteiger partial charge in [-0.3, -0.25) is 4.79 Å². The third kappa shape index (κ3) is 3.04. The second-order valence-electron chi connectivity index (χ2n) is 6.22. The van der Waals surface area contributed by atoms with E-state index >= 15 is 0 Å². The van der Waals surface area contributed by atoms with Gasteiger partial charge in [0.05, 0.1) is 6.04 Å². The lowest BCUT2D eigenvalue weighted by Gasteiger charge is -2.27. The number of hydrogen-bond acceptors (Lipinski definition) is 3. The zero-order valence-corrected chi connectivity index (χ0v) is 13.5. The van der Waals surface area contributed by atoms with Gasteiger partial charge < -0.3 is 14.4 Å². The molecule has 0 aromatic heterocycles. The van der Waals surface area contributed by atoms with Crippen molar-refractivity contribution in [2.24, 2.45) is 0 Å². The topological polar surface area (TPSA) is 38.8 Å². The number of carbonyl (C=O) groups is 1. The summed E-state index contributed by atoms with van der Waals surface area (Å²) in [6.45, 7) is 1.56. The van der Waals surface area contributed by atoms with E-state index < -0.39 is 11.6 Å². The lowest BCUT2D eigenvalue weighted by atomic mass is 10.0. The monoisotopic (exact) mass is 345 g/mol. The number of benzene rings is 2. The molecule has 2 aromatic rings.